The molecule has 1 aliphatic rings. The molecule has 0 unspecified atom stereocenters. The number of pyridine rings is 2. The zero-order valence-electron chi connectivity index (χ0n) is 17.2. The van der Waals surface area contributed by atoms with Gasteiger partial charge in [0.2, 0.25) is 0 Å². The van der Waals surface area contributed by atoms with E-state index in [2.05, 4.69) is 10.1 Å². The van der Waals surface area contributed by atoms with E-state index in [0.717, 1.165) is 16.6 Å². The van der Waals surface area contributed by atoms with Crippen LogP contribution in [0, 0.1) is 0 Å². The van der Waals surface area contributed by atoms with Crippen LogP contribution < -0.4 is 5.56 Å². The summed E-state index contributed by atoms with van der Waals surface area (Å²) < 4.78 is 8.92. The average molecular weight is 395 g/mol. The van der Waals surface area contributed by atoms with Gasteiger partial charge in [-0.1, -0.05) is 0 Å². The molecule has 29 heavy (non-hydrogen) atoms. The third kappa shape index (κ3) is 3.62. The molecular formula is C21H25N5O3. The summed E-state index contributed by atoms with van der Waals surface area (Å²) in [5.41, 5.74) is 2.45. The van der Waals surface area contributed by atoms with Gasteiger partial charge in [0.25, 0.3) is 5.56 Å². The minimum Gasteiger partial charge on any atom is -0.444 e. The Morgan fingerprint density at radius 1 is 1.21 bits per heavy atom. The van der Waals surface area contributed by atoms with Crippen LogP contribution in [0.4, 0.5) is 4.79 Å². The quantitative estimate of drug-likeness (QED) is 0.666. The van der Waals surface area contributed by atoms with Gasteiger partial charge in [0, 0.05) is 36.9 Å². The number of rotatable bonds is 2. The maximum Gasteiger partial charge on any atom is 0.410 e. The van der Waals surface area contributed by atoms with Crippen LogP contribution in [0.25, 0.3) is 11.0 Å². The van der Waals surface area contributed by atoms with Crippen molar-refractivity contribution in [2.24, 2.45) is 7.05 Å². The molecule has 4 rings (SSSR count). The van der Waals surface area contributed by atoms with E-state index in [1.54, 1.807) is 26.5 Å². The molecule has 8 nitrogen and oxygen atoms in total. The molecule has 1 amide bonds. The molecule has 0 bridgehead atoms. The lowest BCUT2D eigenvalue weighted by molar-refractivity contribution is 0.0223. The fraction of sp³-hybridized carbons (Fsp3) is 0.429. The van der Waals surface area contributed by atoms with Crippen molar-refractivity contribution in [1.29, 1.82) is 0 Å². The number of nitrogens with zero attached hydrogens (tertiary/aromatic N) is 5. The second kappa shape index (κ2) is 7.02. The molecule has 0 spiro atoms. The van der Waals surface area contributed by atoms with Gasteiger partial charge < -0.3 is 9.64 Å². The summed E-state index contributed by atoms with van der Waals surface area (Å²) >= 11 is 0. The summed E-state index contributed by atoms with van der Waals surface area (Å²) in [4.78, 5) is 32.1. The highest BCUT2D eigenvalue weighted by Gasteiger charge is 2.29. The molecule has 3 aromatic rings. The fourth-order valence-electron chi connectivity index (χ4n) is 3.71. The van der Waals surface area contributed by atoms with E-state index in [4.69, 9.17) is 4.74 Å². The topological polar surface area (TPSA) is 82.3 Å². The Bertz CT molecular complexity index is 1140. The van der Waals surface area contributed by atoms with E-state index < -0.39 is 11.7 Å². The first-order chi connectivity index (χ1) is 13.7. The number of fused-ring (bicyclic) bond motifs is 3. The molecule has 152 valence electrons. The van der Waals surface area contributed by atoms with Gasteiger partial charge in [-0.25, -0.2) is 9.78 Å². The summed E-state index contributed by atoms with van der Waals surface area (Å²) in [7, 11) is 1.85. The molecule has 0 saturated carbocycles. The van der Waals surface area contributed by atoms with Crippen LogP contribution in [0.15, 0.2) is 35.4 Å². The van der Waals surface area contributed by atoms with Gasteiger partial charge in [0.15, 0.2) is 0 Å². The van der Waals surface area contributed by atoms with Crippen molar-refractivity contribution in [3.63, 3.8) is 0 Å². The number of ether oxygens (including phenoxy) is 1. The third-order valence-electron chi connectivity index (χ3n) is 5.11. The zero-order chi connectivity index (χ0) is 20.8. The molecule has 4 heterocycles. The van der Waals surface area contributed by atoms with Gasteiger partial charge in [0.05, 0.1) is 18.8 Å². The van der Waals surface area contributed by atoms with Crippen LogP contribution in [0.2, 0.25) is 0 Å². The molecule has 0 fully saturated rings. The summed E-state index contributed by atoms with van der Waals surface area (Å²) in [6.45, 7) is 6.62. The van der Waals surface area contributed by atoms with Crippen molar-refractivity contribution in [2.45, 2.75) is 45.9 Å². The number of amides is 1. The molecule has 0 aromatic carbocycles. The summed E-state index contributed by atoms with van der Waals surface area (Å²) in [6, 6.07) is 5.75. The first kappa shape index (κ1) is 19.2. The summed E-state index contributed by atoms with van der Waals surface area (Å²) in [5.74, 6) is 0. The third-order valence-corrected chi connectivity index (χ3v) is 5.11. The number of hydrogen-bond acceptors (Lipinski definition) is 5. The second-order valence-corrected chi connectivity index (χ2v) is 8.32. The van der Waals surface area contributed by atoms with Crippen molar-refractivity contribution in [2.75, 3.05) is 6.54 Å². The molecule has 8 heteroatoms. The van der Waals surface area contributed by atoms with Crippen LogP contribution >= 0.6 is 0 Å². The Morgan fingerprint density at radius 3 is 2.69 bits per heavy atom. The molecule has 0 aliphatic carbocycles. The van der Waals surface area contributed by atoms with Crippen LogP contribution in [0.5, 0.6) is 0 Å². The predicted molar refractivity (Wildman–Crippen MR) is 109 cm³/mol. The number of carbonyl (C=O) groups excluding carboxylic acids is 1. The van der Waals surface area contributed by atoms with Crippen molar-refractivity contribution in [3.05, 3.63) is 57.8 Å². The first-order valence-electron chi connectivity index (χ1n) is 9.68. The van der Waals surface area contributed by atoms with Gasteiger partial charge in [-0.3, -0.25) is 14.0 Å². The second-order valence-electron chi connectivity index (χ2n) is 8.32. The Morgan fingerprint density at radius 2 is 2.00 bits per heavy atom. The minimum atomic E-state index is -0.579. The van der Waals surface area contributed by atoms with Gasteiger partial charge in [-0.15, -0.1) is 0 Å². The van der Waals surface area contributed by atoms with Gasteiger partial charge in [-0.2, -0.15) is 5.10 Å². The summed E-state index contributed by atoms with van der Waals surface area (Å²) in [5, 5.41) is 5.14. The Hall–Kier alpha value is -3.16. The van der Waals surface area contributed by atoms with Crippen LogP contribution in [-0.4, -0.2) is 42.5 Å². The minimum absolute atomic E-state index is 0.124. The number of carbonyl (C=O) groups is 1. The maximum absolute atomic E-state index is 13.4. The smallest absolute Gasteiger partial charge is 0.410 e. The van der Waals surface area contributed by atoms with Crippen LogP contribution in [-0.2, 0) is 31.3 Å². The van der Waals surface area contributed by atoms with E-state index in [0.29, 0.717) is 30.7 Å². The molecule has 0 saturated heterocycles. The lowest BCUT2D eigenvalue weighted by atomic mass is 9.97. The normalized spacial score (nSPS) is 14.1. The highest BCUT2D eigenvalue weighted by atomic mass is 16.6. The highest BCUT2D eigenvalue weighted by molar-refractivity contribution is 5.81. The van der Waals surface area contributed by atoms with E-state index in [1.807, 2.05) is 46.0 Å². The molecule has 3 aromatic heterocycles. The molecule has 0 N–H and O–H groups in total. The molecule has 1 aliphatic heterocycles. The Kier molecular flexibility index (Phi) is 4.64. The number of aromatic nitrogens is 4. The van der Waals surface area contributed by atoms with E-state index >= 15 is 0 Å². The maximum atomic E-state index is 13.4. The number of hydrogen-bond donors (Lipinski definition) is 0. The average Bonchev–Trinajstić information content (AvgIpc) is 3.08. The van der Waals surface area contributed by atoms with Gasteiger partial charge in [-0.05, 0) is 51.0 Å². The first-order valence-corrected chi connectivity index (χ1v) is 9.68. The fourth-order valence-corrected chi connectivity index (χ4v) is 3.71. The monoisotopic (exact) mass is 395 g/mol. The lowest BCUT2D eigenvalue weighted by Crippen LogP contribution is -2.43. The largest absolute Gasteiger partial charge is 0.444 e. The van der Waals surface area contributed by atoms with Crippen molar-refractivity contribution in [1.82, 2.24) is 24.2 Å². The standard InChI is InChI=1S/C21H25N5O3/c1-21(2,3)29-20(28)25-11-8-15-16-6-5-9-22-18(16)26(19(27)17(15)13-25)12-14-7-10-23-24(14)4/h5-7,9-10H,8,11-13H2,1-4H3. The predicted octanol–water partition coefficient (Wildman–Crippen LogP) is 2.47. The summed E-state index contributed by atoms with van der Waals surface area (Å²) in [6.07, 6.45) is 3.60. The van der Waals surface area contributed by atoms with Crippen LogP contribution in [0.1, 0.15) is 37.6 Å². The van der Waals surface area contributed by atoms with Crippen molar-refractivity contribution >= 4 is 17.1 Å². The lowest BCUT2D eigenvalue weighted by Gasteiger charge is -2.31. The Labute approximate surface area is 168 Å². The molecule has 0 atom stereocenters. The number of aryl methyl sites for hydroxylation is 1. The van der Waals surface area contributed by atoms with Crippen LogP contribution in [0.3, 0.4) is 0 Å². The van der Waals surface area contributed by atoms with E-state index in [1.165, 1.54) is 0 Å². The highest BCUT2D eigenvalue weighted by Crippen LogP contribution is 2.25. The van der Waals surface area contributed by atoms with Crippen molar-refractivity contribution in [3.8, 4) is 0 Å². The Balaban J connectivity index is 1.79. The molecular weight excluding hydrogens is 370 g/mol. The SMILES string of the molecule is Cn1nccc1Cn1c(=O)c2c(c3cccnc31)CCN(C(=O)OC(C)(C)C)C2. The van der Waals surface area contributed by atoms with Gasteiger partial charge >= 0.3 is 6.09 Å². The molecule has 0 radical (unpaired) electrons. The van der Waals surface area contributed by atoms with E-state index in [9.17, 15) is 9.59 Å². The van der Waals surface area contributed by atoms with Gasteiger partial charge in [0.1, 0.15) is 11.2 Å². The van der Waals surface area contributed by atoms with E-state index in [-0.39, 0.29) is 12.1 Å². The zero-order valence-corrected chi connectivity index (χ0v) is 17.2. The van der Waals surface area contributed by atoms with Crippen molar-refractivity contribution < 1.29 is 9.53 Å².